The van der Waals surface area contributed by atoms with Gasteiger partial charge < -0.3 is 14.6 Å². The number of carbonyl (C=O) groups is 2. The third-order valence-electron chi connectivity index (χ3n) is 6.09. The van der Waals surface area contributed by atoms with Crippen LogP contribution in [-0.4, -0.2) is 33.5 Å². The summed E-state index contributed by atoms with van der Waals surface area (Å²) >= 11 is 0. The lowest BCUT2D eigenvalue weighted by Crippen LogP contribution is -2.43. The van der Waals surface area contributed by atoms with Gasteiger partial charge in [0.15, 0.2) is 0 Å². The van der Waals surface area contributed by atoms with Crippen molar-refractivity contribution in [3.8, 4) is 0 Å². The van der Waals surface area contributed by atoms with Crippen molar-refractivity contribution in [1.29, 1.82) is 0 Å². The highest BCUT2D eigenvalue weighted by atomic mass is 16.4. The maximum atomic E-state index is 13.4. The zero-order valence-electron chi connectivity index (χ0n) is 16.9. The van der Waals surface area contributed by atoms with E-state index in [0.29, 0.717) is 25.8 Å². The summed E-state index contributed by atoms with van der Waals surface area (Å²) in [6.45, 7) is 2.58. The van der Waals surface area contributed by atoms with Crippen LogP contribution in [0.1, 0.15) is 30.2 Å². The summed E-state index contributed by atoms with van der Waals surface area (Å²) in [6, 6.07) is 17.9. The number of aliphatic carboxylic acids is 1. The van der Waals surface area contributed by atoms with Crippen molar-refractivity contribution in [1.82, 2.24) is 9.47 Å². The van der Waals surface area contributed by atoms with Crippen molar-refractivity contribution in [2.24, 2.45) is 5.41 Å². The minimum absolute atomic E-state index is 0.0472. The monoisotopic (exact) mass is 390 g/mol. The summed E-state index contributed by atoms with van der Waals surface area (Å²) in [6.07, 6.45) is 2.06. The molecule has 2 aromatic carbocycles. The summed E-state index contributed by atoms with van der Waals surface area (Å²) < 4.78 is 1.91. The predicted molar refractivity (Wildman–Crippen MR) is 113 cm³/mol. The van der Waals surface area contributed by atoms with Crippen LogP contribution < -0.4 is 0 Å². The van der Waals surface area contributed by atoms with Gasteiger partial charge in [-0.3, -0.25) is 9.59 Å². The predicted octanol–water partition coefficient (Wildman–Crippen LogP) is 3.88. The molecule has 1 aromatic heterocycles. The van der Waals surface area contributed by atoms with Gasteiger partial charge in [0.05, 0.1) is 5.41 Å². The van der Waals surface area contributed by atoms with E-state index in [2.05, 4.69) is 0 Å². The Morgan fingerprint density at radius 3 is 2.52 bits per heavy atom. The Labute approximate surface area is 170 Å². The lowest BCUT2D eigenvalue weighted by Gasteiger charge is -2.36. The molecule has 0 aliphatic heterocycles. The van der Waals surface area contributed by atoms with E-state index in [1.807, 2.05) is 78.0 Å². The fourth-order valence-electron chi connectivity index (χ4n) is 4.67. The number of aromatic nitrogens is 1. The SMILES string of the molecule is CN(Cc1ccccc1)C(=O)C1(C)CCc2c(c3ccccc3n2CC(=O)O)C1. The van der Waals surface area contributed by atoms with Crippen molar-refractivity contribution in [3.05, 3.63) is 71.4 Å². The van der Waals surface area contributed by atoms with Gasteiger partial charge in [-0.1, -0.05) is 55.5 Å². The lowest BCUT2D eigenvalue weighted by molar-refractivity contribution is -0.141. The zero-order valence-corrected chi connectivity index (χ0v) is 16.9. The highest BCUT2D eigenvalue weighted by molar-refractivity contribution is 5.89. The van der Waals surface area contributed by atoms with Crippen LogP contribution in [0, 0.1) is 5.41 Å². The normalized spacial score (nSPS) is 18.4. The van der Waals surface area contributed by atoms with E-state index in [0.717, 1.165) is 27.7 Å². The Morgan fingerprint density at radius 2 is 1.79 bits per heavy atom. The van der Waals surface area contributed by atoms with E-state index >= 15 is 0 Å². The number of carboxylic acids is 1. The Kier molecular flexibility index (Phi) is 4.91. The Hall–Kier alpha value is -3.08. The van der Waals surface area contributed by atoms with Gasteiger partial charge in [-0.25, -0.2) is 0 Å². The number of para-hydroxylation sites is 1. The second kappa shape index (κ2) is 7.39. The van der Waals surface area contributed by atoms with Crippen molar-refractivity contribution in [2.45, 2.75) is 39.3 Å². The summed E-state index contributed by atoms with van der Waals surface area (Å²) in [5.41, 5.74) is 3.74. The first-order valence-corrected chi connectivity index (χ1v) is 9.99. The van der Waals surface area contributed by atoms with Crippen LogP contribution in [0.2, 0.25) is 0 Å². The largest absolute Gasteiger partial charge is 0.480 e. The van der Waals surface area contributed by atoms with Gasteiger partial charge in [0.2, 0.25) is 5.91 Å². The molecular weight excluding hydrogens is 364 g/mol. The maximum absolute atomic E-state index is 13.4. The Balaban J connectivity index is 1.65. The first-order chi connectivity index (χ1) is 13.9. The topological polar surface area (TPSA) is 62.5 Å². The molecule has 1 aliphatic carbocycles. The molecule has 4 rings (SSSR count). The molecule has 3 aromatic rings. The van der Waals surface area contributed by atoms with E-state index in [-0.39, 0.29) is 12.5 Å². The van der Waals surface area contributed by atoms with Crippen LogP contribution in [-0.2, 0) is 35.5 Å². The van der Waals surface area contributed by atoms with Gasteiger partial charge in [0.1, 0.15) is 6.54 Å². The van der Waals surface area contributed by atoms with Gasteiger partial charge in [0, 0.05) is 30.2 Å². The van der Waals surface area contributed by atoms with E-state index < -0.39 is 11.4 Å². The minimum Gasteiger partial charge on any atom is -0.480 e. The molecule has 0 fully saturated rings. The van der Waals surface area contributed by atoms with E-state index in [9.17, 15) is 14.7 Å². The molecule has 1 aliphatic rings. The summed E-state index contributed by atoms with van der Waals surface area (Å²) in [7, 11) is 1.86. The van der Waals surface area contributed by atoms with Crippen LogP contribution in [0.15, 0.2) is 54.6 Å². The number of rotatable bonds is 5. The second-order valence-corrected chi connectivity index (χ2v) is 8.31. The van der Waals surface area contributed by atoms with Gasteiger partial charge in [0.25, 0.3) is 0 Å². The third kappa shape index (κ3) is 3.53. The van der Waals surface area contributed by atoms with Gasteiger partial charge in [-0.2, -0.15) is 0 Å². The molecule has 0 bridgehead atoms. The molecule has 1 unspecified atom stereocenters. The average Bonchev–Trinajstić information content (AvgIpc) is 3.00. The molecule has 1 atom stereocenters. The van der Waals surface area contributed by atoms with E-state index in [1.54, 1.807) is 0 Å². The minimum atomic E-state index is -0.847. The van der Waals surface area contributed by atoms with Crippen molar-refractivity contribution >= 4 is 22.8 Å². The Morgan fingerprint density at radius 1 is 1.10 bits per heavy atom. The molecule has 5 heteroatoms. The molecule has 0 saturated carbocycles. The molecule has 0 radical (unpaired) electrons. The fraction of sp³-hybridized carbons (Fsp3) is 0.333. The van der Waals surface area contributed by atoms with E-state index in [4.69, 9.17) is 0 Å². The number of carbonyl (C=O) groups excluding carboxylic acids is 1. The molecule has 1 heterocycles. The van der Waals surface area contributed by atoms with Gasteiger partial charge in [-0.05, 0) is 36.5 Å². The first kappa shape index (κ1) is 19.2. The van der Waals surface area contributed by atoms with E-state index in [1.165, 1.54) is 0 Å². The van der Waals surface area contributed by atoms with Gasteiger partial charge >= 0.3 is 5.97 Å². The molecular formula is C24H26N2O3. The number of nitrogens with zero attached hydrogens (tertiary/aromatic N) is 2. The maximum Gasteiger partial charge on any atom is 0.323 e. The standard InChI is InChI=1S/C24H26N2O3/c1-24(23(29)25(2)15-17-8-4-3-5-9-17)13-12-21-19(14-24)18-10-6-7-11-20(18)26(21)16-22(27)28/h3-11H,12-16H2,1-2H3,(H,27,28). The molecule has 29 heavy (non-hydrogen) atoms. The summed E-state index contributed by atoms with van der Waals surface area (Å²) in [4.78, 5) is 26.6. The molecule has 150 valence electrons. The number of hydrogen-bond acceptors (Lipinski definition) is 2. The highest BCUT2D eigenvalue weighted by Crippen LogP contribution is 2.41. The number of fused-ring (bicyclic) bond motifs is 3. The third-order valence-corrected chi connectivity index (χ3v) is 6.09. The van der Waals surface area contributed by atoms with Crippen LogP contribution >= 0.6 is 0 Å². The average molecular weight is 390 g/mol. The van der Waals surface area contributed by atoms with Crippen LogP contribution in [0.25, 0.3) is 10.9 Å². The van der Waals surface area contributed by atoms with Crippen molar-refractivity contribution in [2.75, 3.05) is 7.05 Å². The van der Waals surface area contributed by atoms with Crippen LogP contribution in [0.4, 0.5) is 0 Å². The van der Waals surface area contributed by atoms with Crippen molar-refractivity contribution < 1.29 is 14.7 Å². The Bertz CT molecular complexity index is 1070. The highest BCUT2D eigenvalue weighted by Gasteiger charge is 2.40. The number of amides is 1. The molecule has 1 N–H and O–H groups in total. The first-order valence-electron chi connectivity index (χ1n) is 9.99. The zero-order chi connectivity index (χ0) is 20.6. The van der Waals surface area contributed by atoms with Crippen LogP contribution in [0.5, 0.6) is 0 Å². The number of benzene rings is 2. The second-order valence-electron chi connectivity index (χ2n) is 8.31. The smallest absolute Gasteiger partial charge is 0.323 e. The lowest BCUT2D eigenvalue weighted by atomic mass is 9.73. The summed E-state index contributed by atoms with van der Waals surface area (Å²) in [5, 5.41) is 10.4. The summed E-state index contributed by atoms with van der Waals surface area (Å²) in [5.74, 6) is -0.706. The van der Waals surface area contributed by atoms with Gasteiger partial charge in [-0.15, -0.1) is 0 Å². The van der Waals surface area contributed by atoms with Crippen LogP contribution in [0.3, 0.4) is 0 Å². The number of hydrogen-bond donors (Lipinski definition) is 1. The molecule has 5 nitrogen and oxygen atoms in total. The van der Waals surface area contributed by atoms with Crippen molar-refractivity contribution in [3.63, 3.8) is 0 Å². The molecule has 1 amide bonds. The molecule has 0 saturated heterocycles. The quantitative estimate of drug-likeness (QED) is 0.719. The number of carboxylic acid groups (broad SMARTS) is 1. The fourth-order valence-corrected chi connectivity index (χ4v) is 4.67. The molecule has 0 spiro atoms.